The Kier molecular flexibility index (Phi) is 3.23. The van der Waals surface area contributed by atoms with Crippen molar-refractivity contribution in [3.05, 3.63) is 12.2 Å². The van der Waals surface area contributed by atoms with Crippen molar-refractivity contribution in [1.29, 1.82) is 0 Å². The SMILES string of the molecule is C/C=C\C(C)(O)C(C)Cl. The Labute approximate surface area is 61.3 Å². The van der Waals surface area contributed by atoms with E-state index in [9.17, 15) is 5.11 Å². The predicted molar refractivity (Wildman–Crippen MR) is 40.8 cm³/mol. The molecule has 0 aliphatic carbocycles. The summed E-state index contributed by atoms with van der Waals surface area (Å²) in [5, 5.41) is 9.13. The lowest BCUT2D eigenvalue weighted by atomic mass is 10.0. The van der Waals surface area contributed by atoms with Crippen LogP contribution in [0, 0.1) is 0 Å². The maximum atomic E-state index is 9.37. The second kappa shape index (κ2) is 3.23. The van der Waals surface area contributed by atoms with Crippen molar-refractivity contribution in [3.63, 3.8) is 0 Å². The van der Waals surface area contributed by atoms with Crippen LogP contribution in [0.1, 0.15) is 20.8 Å². The van der Waals surface area contributed by atoms with E-state index in [2.05, 4.69) is 0 Å². The first-order valence-electron chi connectivity index (χ1n) is 3.01. The van der Waals surface area contributed by atoms with Gasteiger partial charge in [0.2, 0.25) is 0 Å². The van der Waals surface area contributed by atoms with Crippen LogP contribution in [0.5, 0.6) is 0 Å². The van der Waals surface area contributed by atoms with E-state index < -0.39 is 5.60 Å². The third kappa shape index (κ3) is 2.87. The van der Waals surface area contributed by atoms with Crippen LogP contribution in [0.2, 0.25) is 0 Å². The highest BCUT2D eigenvalue weighted by Gasteiger charge is 2.21. The summed E-state index contributed by atoms with van der Waals surface area (Å²) >= 11 is 5.65. The van der Waals surface area contributed by atoms with Crippen LogP contribution in [0.25, 0.3) is 0 Å². The molecule has 0 saturated carbocycles. The summed E-state index contributed by atoms with van der Waals surface area (Å²) in [4.78, 5) is 0. The minimum absolute atomic E-state index is 0.242. The highest BCUT2D eigenvalue weighted by molar-refractivity contribution is 6.21. The van der Waals surface area contributed by atoms with Gasteiger partial charge in [-0.2, -0.15) is 0 Å². The van der Waals surface area contributed by atoms with Crippen molar-refractivity contribution >= 4 is 11.6 Å². The minimum atomic E-state index is -0.865. The number of halogens is 1. The molecule has 0 rings (SSSR count). The second-order valence-electron chi connectivity index (χ2n) is 2.34. The molecule has 0 saturated heterocycles. The summed E-state index contributed by atoms with van der Waals surface area (Å²) in [6.07, 6.45) is 3.48. The molecule has 2 atom stereocenters. The Hall–Kier alpha value is -0.0100. The Morgan fingerprint density at radius 2 is 2.11 bits per heavy atom. The van der Waals surface area contributed by atoms with Crippen molar-refractivity contribution in [2.75, 3.05) is 0 Å². The molecule has 0 aromatic heterocycles. The molecule has 2 unspecified atom stereocenters. The van der Waals surface area contributed by atoms with E-state index >= 15 is 0 Å². The summed E-state index contributed by atoms with van der Waals surface area (Å²) in [6, 6.07) is 0. The lowest BCUT2D eigenvalue weighted by Crippen LogP contribution is -2.30. The average Bonchev–Trinajstić information content (AvgIpc) is 1.65. The Morgan fingerprint density at radius 1 is 1.67 bits per heavy atom. The van der Waals surface area contributed by atoms with Crippen LogP contribution in [0.4, 0.5) is 0 Å². The molecule has 0 aliphatic heterocycles. The number of aliphatic hydroxyl groups is 1. The number of allylic oxidation sites excluding steroid dienone is 1. The van der Waals surface area contributed by atoms with Crippen molar-refractivity contribution in [1.82, 2.24) is 0 Å². The van der Waals surface area contributed by atoms with E-state index in [1.165, 1.54) is 0 Å². The fraction of sp³-hybridized carbons (Fsp3) is 0.714. The third-order valence-electron chi connectivity index (χ3n) is 1.31. The minimum Gasteiger partial charge on any atom is -0.385 e. The van der Waals surface area contributed by atoms with Gasteiger partial charge in [-0.3, -0.25) is 0 Å². The quantitative estimate of drug-likeness (QED) is 0.469. The summed E-state index contributed by atoms with van der Waals surface area (Å²) < 4.78 is 0. The molecule has 9 heavy (non-hydrogen) atoms. The first kappa shape index (κ1) is 8.99. The topological polar surface area (TPSA) is 20.2 Å². The molecule has 0 bridgehead atoms. The molecule has 0 aliphatic rings. The predicted octanol–water partition coefficient (Wildman–Crippen LogP) is 1.94. The van der Waals surface area contributed by atoms with Gasteiger partial charge in [0.1, 0.15) is 0 Å². The highest BCUT2D eigenvalue weighted by Crippen LogP contribution is 2.16. The molecule has 0 radical (unpaired) electrons. The van der Waals surface area contributed by atoms with Crippen molar-refractivity contribution in [2.24, 2.45) is 0 Å². The lowest BCUT2D eigenvalue weighted by molar-refractivity contribution is 0.111. The fourth-order valence-corrected chi connectivity index (χ4v) is 0.543. The van der Waals surface area contributed by atoms with Gasteiger partial charge in [0.25, 0.3) is 0 Å². The first-order chi connectivity index (χ1) is 4.00. The Bertz CT molecular complexity index is 105. The van der Waals surface area contributed by atoms with Crippen LogP contribution in [-0.2, 0) is 0 Å². The maximum Gasteiger partial charge on any atom is 0.0959 e. The third-order valence-corrected chi connectivity index (χ3v) is 1.75. The van der Waals surface area contributed by atoms with E-state index in [-0.39, 0.29) is 5.38 Å². The first-order valence-corrected chi connectivity index (χ1v) is 3.44. The van der Waals surface area contributed by atoms with Crippen molar-refractivity contribution in [2.45, 2.75) is 31.7 Å². The average molecular weight is 149 g/mol. The summed E-state index contributed by atoms with van der Waals surface area (Å²) in [7, 11) is 0. The van der Waals surface area contributed by atoms with Gasteiger partial charge >= 0.3 is 0 Å². The number of rotatable bonds is 2. The largest absolute Gasteiger partial charge is 0.385 e. The smallest absolute Gasteiger partial charge is 0.0959 e. The summed E-state index contributed by atoms with van der Waals surface area (Å²) in [5.41, 5.74) is -0.865. The van der Waals surface area contributed by atoms with Gasteiger partial charge in [0.15, 0.2) is 0 Å². The number of hydrogen-bond donors (Lipinski definition) is 1. The molecular weight excluding hydrogens is 136 g/mol. The van der Waals surface area contributed by atoms with Gasteiger partial charge in [-0.1, -0.05) is 12.2 Å². The summed E-state index contributed by atoms with van der Waals surface area (Å²) in [6.45, 7) is 5.31. The van der Waals surface area contributed by atoms with Gasteiger partial charge in [0, 0.05) is 0 Å². The Balaban J connectivity index is 4.01. The molecule has 0 fully saturated rings. The summed E-state index contributed by atoms with van der Waals surface area (Å²) in [5.74, 6) is 0. The zero-order valence-electron chi connectivity index (χ0n) is 6.06. The lowest BCUT2D eigenvalue weighted by Gasteiger charge is -2.21. The van der Waals surface area contributed by atoms with E-state index in [1.807, 2.05) is 6.92 Å². The molecule has 0 aromatic carbocycles. The van der Waals surface area contributed by atoms with Crippen LogP contribution in [0.15, 0.2) is 12.2 Å². The zero-order chi connectivity index (χ0) is 7.49. The number of hydrogen-bond acceptors (Lipinski definition) is 1. The molecule has 0 amide bonds. The van der Waals surface area contributed by atoms with Crippen LogP contribution in [0.3, 0.4) is 0 Å². The maximum absolute atomic E-state index is 9.37. The molecule has 0 spiro atoms. The van der Waals surface area contributed by atoms with Gasteiger partial charge < -0.3 is 5.11 Å². The van der Waals surface area contributed by atoms with E-state index in [0.717, 1.165) is 0 Å². The van der Waals surface area contributed by atoms with E-state index in [4.69, 9.17) is 11.6 Å². The molecule has 0 heterocycles. The van der Waals surface area contributed by atoms with Gasteiger partial charge in [0.05, 0.1) is 11.0 Å². The molecule has 0 aromatic rings. The normalized spacial score (nSPS) is 21.9. The molecule has 1 N–H and O–H groups in total. The molecule has 1 nitrogen and oxygen atoms in total. The van der Waals surface area contributed by atoms with Gasteiger partial charge in [-0.25, -0.2) is 0 Å². The van der Waals surface area contributed by atoms with Crippen molar-refractivity contribution in [3.8, 4) is 0 Å². The van der Waals surface area contributed by atoms with E-state index in [0.29, 0.717) is 0 Å². The second-order valence-corrected chi connectivity index (χ2v) is 3.00. The Morgan fingerprint density at radius 3 is 2.22 bits per heavy atom. The zero-order valence-corrected chi connectivity index (χ0v) is 6.81. The monoisotopic (exact) mass is 148 g/mol. The van der Waals surface area contributed by atoms with Gasteiger partial charge in [-0.05, 0) is 20.8 Å². The standard InChI is InChI=1S/C7H13ClO/c1-4-5-7(3,9)6(2)8/h4-6,9H,1-3H3/b5-4-. The molecule has 54 valence electrons. The fourth-order valence-electron chi connectivity index (χ4n) is 0.470. The molecular formula is C7H13ClO. The molecule has 2 heteroatoms. The van der Waals surface area contributed by atoms with Crippen LogP contribution in [-0.4, -0.2) is 16.1 Å². The van der Waals surface area contributed by atoms with Crippen LogP contribution >= 0.6 is 11.6 Å². The van der Waals surface area contributed by atoms with Crippen LogP contribution < -0.4 is 0 Å². The highest BCUT2D eigenvalue weighted by atomic mass is 35.5. The van der Waals surface area contributed by atoms with E-state index in [1.54, 1.807) is 26.0 Å². The van der Waals surface area contributed by atoms with Crippen molar-refractivity contribution < 1.29 is 5.11 Å². The van der Waals surface area contributed by atoms with Gasteiger partial charge in [-0.15, -0.1) is 11.6 Å². The number of alkyl halides is 1.